The number of amides is 3. The van der Waals surface area contributed by atoms with Gasteiger partial charge in [-0.25, -0.2) is 13.6 Å². The minimum absolute atomic E-state index is 0.0285. The van der Waals surface area contributed by atoms with Crippen LogP contribution in [0.15, 0.2) is 28.7 Å². The quantitative estimate of drug-likeness (QED) is 0.741. The van der Waals surface area contributed by atoms with Crippen molar-refractivity contribution in [3.05, 3.63) is 53.0 Å². The van der Waals surface area contributed by atoms with Crippen LogP contribution in [0.4, 0.5) is 19.3 Å². The second kappa shape index (κ2) is 7.61. The lowest BCUT2D eigenvalue weighted by atomic mass is 9.75. The number of fused-ring (bicyclic) bond motifs is 1. The summed E-state index contributed by atoms with van der Waals surface area (Å²) >= 11 is 0. The largest absolute Gasteiger partial charge is 0.466 e. The predicted molar refractivity (Wildman–Crippen MR) is 99.8 cm³/mol. The number of hydrogen-bond donors (Lipinski definition) is 3. The van der Waals surface area contributed by atoms with Crippen LogP contribution in [0.3, 0.4) is 0 Å². The molecule has 2 aromatic rings. The first-order chi connectivity index (χ1) is 13.1. The van der Waals surface area contributed by atoms with Crippen LogP contribution >= 0.6 is 0 Å². The van der Waals surface area contributed by atoms with Crippen LogP contribution in [0.2, 0.25) is 0 Å². The zero-order chi connectivity index (χ0) is 20.5. The van der Waals surface area contributed by atoms with Crippen LogP contribution in [0.5, 0.6) is 0 Å². The maximum absolute atomic E-state index is 13.2. The molecule has 0 saturated carbocycles. The number of rotatable bonds is 4. The lowest BCUT2D eigenvalue weighted by molar-refractivity contribution is -0.115. The SMILES string of the molecule is Cc1cc2c(o1)CC(C)(C)CC2NC(=O)NCC(=O)Nc1ccc(F)c(F)c1. The van der Waals surface area contributed by atoms with E-state index in [4.69, 9.17) is 4.42 Å². The number of hydrogen-bond acceptors (Lipinski definition) is 3. The topological polar surface area (TPSA) is 83.4 Å². The van der Waals surface area contributed by atoms with Crippen molar-refractivity contribution in [3.8, 4) is 0 Å². The Morgan fingerprint density at radius 3 is 2.68 bits per heavy atom. The summed E-state index contributed by atoms with van der Waals surface area (Å²) in [5, 5.41) is 7.76. The summed E-state index contributed by atoms with van der Waals surface area (Å²) in [6.07, 6.45) is 1.54. The molecule has 1 aromatic heterocycles. The molecule has 1 atom stereocenters. The lowest BCUT2D eigenvalue weighted by Gasteiger charge is -2.34. The van der Waals surface area contributed by atoms with Crippen molar-refractivity contribution in [3.63, 3.8) is 0 Å². The first-order valence-corrected chi connectivity index (χ1v) is 9.01. The van der Waals surface area contributed by atoms with Gasteiger partial charge in [0.25, 0.3) is 0 Å². The summed E-state index contributed by atoms with van der Waals surface area (Å²) < 4.78 is 31.8. The number of halogens is 2. The van der Waals surface area contributed by atoms with Gasteiger partial charge in [-0.2, -0.15) is 0 Å². The number of carbonyl (C=O) groups is 2. The molecule has 1 aromatic carbocycles. The third-order valence-electron chi connectivity index (χ3n) is 4.65. The molecule has 8 heteroatoms. The van der Waals surface area contributed by atoms with Crippen LogP contribution in [-0.4, -0.2) is 18.5 Å². The van der Waals surface area contributed by atoms with Gasteiger partial charge in [0.05, 0.1) is 12.6 Å². The zero-order valence-corrected chi connectivity index (χ0v) is 16.0. The molecule has 0 fully saturated rings. The van der Waals surface area contributed by atoms with Gasteiger partial charge in [-0.1, -0.05) is 13.8 Å². The number of anilines is 1. The Bertz CT molecular complexity index is 908. The van der Waals surface area contributed by atoms with Gasteiger partial charge in [-0.3, -0.25) is 4.79 Å². The summed E-state index contributed by atoms with van der Waals surface area (Å²) in [6, 6.07) is 4.24. The van der Waals surface area contributed by atoms with Crippen molar-refractivity contribution >= 4 is 17.6 Å². The highest BCUT2D eigenvalue weighted by atomic mass is 19.2. The van der Waals surface area contributed by atoms with Crippen molar-refractivity contribution in [2.24, 2.45) is 5.41 Å². The predicted octanol–water partition coefficient (Wildman–Crippen LogP) is 3.82. The Morgan fingerprint density at radius 2 is 1.96 bits per heavy atom. The van der Waals surface area contributed by atoms with Crippen LogP contribution in [0, 0.1) is 24.0 Å². The second-order valence-corrected chi connectivity index (χ2v) is 7.84. The van der Waals surface area contributed by atoms with Gasteiger partial charge in [-0.15, -0.1) is 0 Å². The molecule has 0 radical (unpaired) electrons. The van der Waals surface area contributed by atoms with Gasteiger partial charge in [0.2, 0.25) is 5.91 Å². The van der Waals surface area contributed by atoms with E-state index in [0.717, 1.165) is 42.1 Å². The summed E-state index contributed by atoms with van der Waals surface area (Å²) in [5.74, 6) is -0.949. The van der Waals surface area contributed by atoms with Gasteiger partial charge >= 0.3 is 6.03 Å². The van der Waals surface area contributed by atoms with E-state index in [1.165, 1.54) is 6.07 Å². The van der Waals surface area contributed by atoms with E-state index in [1.807, 2.05) is 13.0 Å². The average molecular weight is 391 g/mol. The molecule has 0 bridgehead atoms. The van der Waals surface area contributed by atoms with Gasteiger partial charge < -0.3 is 20.4 Å². The summed E-state index contributed by atoms with van der Waals surface area (Å²) in [6.45, 7) is 5.77. The summed E-state index contributed by atoms with van der Waals surface area (Å²) in [7, 11) is 0. The van der Waals surface area contributed by atoms with Gasteiger partial charge in [0, 0.05) is 23.7 Å². The number of nitrogens with one attached hydrogen (secondary N) is 3. The summed E-state index contributed by atoms with van der Waals surface area (Å²) in [5.41, 5.74) is 1.04. The molecule has 150 valence electrons. The molecule has 6 nitrogen and oxygen atoms in total. The Morgan fingerprint density at radius 1 is 1.21 bits per heavy atom. The van der Waals surface area contributed by atoms with E-state index in [0.29, 0.717) is 0 Å². The molecule has 1 aliphatic carbocycles. The Kier molecular flexibility index (Phi) is 5.40. The third kappa shape index (κ3) is 4.68. The Labute approximate surface area is 161 Å². The van der Waals surface area contributed by atoms with Crippen molar-refractivity contribution in [1.29, 1.82) is 0 Å². The van der Waals surface area contributed by atoms with Crippen LogP contribution in [0.25, 0.3) is 0 Å². The van der Waals surface area contributed by atoms with Crippen molar-refractivity contribution in [1.82, 2.24) is 10.6 Å². The molecule has 1 aliphatic rings. The highest BCUT2D eigenvalue weighted by molar-refractivity contribution is 5.94. The molecule has 0 spiro atoms. The van der Waals surface area contributed by atoms with E-state index >= 15 is 0 Å². The minimum atomic E-state index is -1.06. The normalized spacial score (nSPS) is 17.5. The van der Waals surface area contributed by atoms with Gasteiger partial charge in [0.1, 0.15) is 11.5 Å². The second-order valence-electron chi connectivity index (χ2n) is 7.84. The van der Waals surface area contributed by atoms with E-state index in [-0.39, 0.29) is 23.7 Å². The Hall–Kier alpha value is -2.90. The van der Waals surface area contributed by atoms with E-state index in [9.17, 15) is 18.4 Å². The fourth-order valence-corrected chi connectivity index (χ4v) is 3.46. The third-order valence-corrected chi connectivity index (χ3v) is 4.65. The van der Waals surface area contributed by atoms with E-state index in [1.54, 1.807) is 0 Å². The van der Waals surface area contributed by atoms with Crippen LogP contribution < -0.4 is 16.0 Å². The highest BCUT2D eigenvalue weighted by Crippen LogP contribution is 2.41. The zero-order valence-electron chi connectivity index (χ0n) is 16.0. The highest BCUT2D eigenvalue weighted by Gasteiger charge is 2.35. The van der Waals surface area contributed by atoms with Gasteiger partial charge in [0.15, 0.2) is 11.6 Å². The Balaban J connectivity index is 1.55. The molecule has 28 heavy (non-hydrogen) atoms. The maximum Gasteiger partial charge on any atom is 0.315 e. The molecule has 3 rings (SSSR count). The van der Waals surface area contributed by atoms with Gasteiger partial charge in [-0.05, 0) is 37.0 Å². The van der Waals surface area contributed by atoms with Crippen LogP contribution in [0.1, 0.15) is 43.4 Å². The van der Waals surface area contributed by atoms with Crippen LogP contribution in [-0.2, 0) is 11.2 Å². The number of aryl methyl sites for hydroxylation is 1. The maximum atomic E-state index is 13.2. The lowest BCUT2D eigenvalue weighted by Crippen LogP contribution is -2.43. The molecule has 0 saturated heterocycles. The van der Waals surface area contributed by atoms with Crippen molar-refractivity contribution < 1.29 is 22.8 Å². The smallest absolute Gasteiger partial charge is 0.315 e. The first-order valence-electron chi connectivity index (χ1n) is 9.01. The molecular formula is C20H23F2N3O3. The van der Waals surface area contributed by atoms with Crippen molar-refractivity contribution in [2.45, 2.75) is 39.7 Å². The molecule has 3 amide bonds. The molecule has 1 unspecified atom stereocenters. The fraction of sp³-hybridized carbons (Fsp3) is 0.400. The molecular weight excluding hydrogens is 368 g/mol. The monoisotopic (exact) mass is 391 g/mol. The molecule has 0 aliphatic heterocycles. The fourth-order valence-electron chi connectivity index (χ4n) is 3.46. The van der Waals surface area contributed by atoms with E-state index < -0.39 is 23.6 Å². The molecule has 1 heterocycles. The molecule has 3 N–H and O–H groups in total. The average Bonchev–Trinajstić information content (AvgIpc) is 2.95. The van der Waals surface area contributed by atoms with Crippen molar-refractivity contribution in [2.75, 3.05) is 11.9 Å². The number of carbonyl (C=O) groups excluding carboxylic acids is 2. The number of urea groups is 1. The minimum Gasteiger partial charge on any atom is -0.466 e. The summed E-state index contributed by atoms with van der Waals surface area (Å²) in [4.78, 5) is 24.2. The number of benzene rings is 1. The first kappa shape index (κ1) is 19.9. The van der Waals surface area contributed by atoms with E-state index in [2.05, 4.69) is 29.8 Å². The standard InChI is InChI=1S/C20H23F2N3O3/c1-11-6-13-16(8-20(2,3)9-17(13)28-11)25-19(27)23-10-18(26)24-12-4-5-14(21)15(22)7-12/h4-7,16H,8-10H2,1-3H3,(H,24,26)(H2,23,25,27). The number of furan rings is 1.